The number of carbonyl (C=O) groups excluding carboxylic acids is 1. The van der Waals surface area contributed by atoms with Gasteiger partial charge in [-0.05, 0) is 48.0 Å². The molecule has 2 aromatic rings. The zero-order valence-corrected chi connectivity index (χ0v) is 13.6. The minimum atomic E-state index is -0.531. The molecule has 2 rings (SSSR count). The highest BCUT2D eigenvalue weighted by Crippen LogP contribution is 2.22. The topological polar surface area (TPSA) is 41.9 Å². The summed E-state index contributed by atoms with van der Waals surface area (Å²) in [5, 5.41) is 6.54. The van der Waals surface area contributed by atoms with Gasteiger partial charge in [-0.1, -0.05) is 23.2 Å². The van der Waals surface area contributed by atoms with Crippen molar-refractivity contribution in [2.24, 2.45) is 5.10 Å². The third kappa shape index (κ3) is 4.48. The van der Waals surface area contributed by atoms with Gasteiger partial charge in [-0.3, -0.25) is 0 Å². The fraction of sp³-hybridized carbons (Fsp3) is 0.125. The van der Waals surface area contributed by atoms with Crippen molar-refractivity contribution in [3.05, 3.63) is 63.6 Å². The lowest BCUT2D eigenvalue weighted by atomic mass is 10.2. The summed E-state index contributed by atoms with van der Waals surface area (Å²) in [5.41, 5.74) is 1.17. The maximum Gasteiger partial charge on any atom is 0.345 e. The number of esters is 1. The van der Waals surface area contributed by atoms with Crippen LogP contribution in [0.3, 0.4) is 0 Å². The van der Waals surface area contributed by atoms with Gasteiger partial charge in [0, 0.05) is 19.1 Å². The summed E-state index contributed by atoms with van der Waals surface area (Å²) < 4.78 is 5.28. The molecule has 0 radical (unpaired) electrons. The molecular weight excluding hydrogens is 323 g/mol. The standard InChI is InChI=1S/C16H14Cl2N2O2/c1-20(2)19-10-11-3-6-13(7-4-11)22-16(21)14-8-5-12(17)9-15(14)18/h3-10H,1-2H3. The first-order valence-corrected chi connectivity index (χ1v) is 7.20. The van der Waals surface area contributed by atoms with Crippen LogP contribution in [0.15, 0.2) is 47.6 Å². The fourth-order valence-electron chi connectivity index (χ4n) is 1.62. The van der Waals surface area contributed by atoms with Crippen molar-refractivity contribution in [2.45, 2.75) is 0 Å². The molecule has 0 fully saturated rings. The van der Waals surface area contributed by atoms with E-state index in [4.69, 9.17) is 27.9 Å². The van der Waals surface area contributed by atoms with Crippen LogP contribution in [0.2, 0.25) is 10.0 Å². The van der Waals surface area contributed by atoms with E-state index in [0.29, 0.717) is 10.8 Å². The van der Waals surface area contributed by atoms with Crippen molar-refractivity contribution >= 4 is 35.4 Å². The van der Waals surface area contributed by atoms with Crippen LogP contribution in [0.25, 0.3) is 0 Å². The lowest BCUT2D eigenvalue weighted by molar-refractivity contribution is 0.0735. The van der Waals surface area contributed by atoms with Gasteiger partial charge >= 0.3 is 5.97 Å². The van der Waals surface area contributed by atoms with E-state index in [1.54, 1.807) is 41.6 Å². The van der Waals surface area contributed by atoms with Crippen LogP contribution in [0, 0.1) is 0 Å². The van der Waals surface area contributed by atoms with E-state index in [1.165, 1.54) is 12.1 Å². The van der Waals surface area contributed by atoms with Crippen molar-refractivity contribution in [3.8, 4) is 5.75 Å². The highest BCUT2D eigenvalue weighted by atomic mass is 35.5. The molecule has 0 spiro atoms. The average Bonchev–Trinajstić information content (AvgIpc) is 2.46. The molecular formula is C16H14Cl2N2O2. The summed E-state index contributed by atoms with van der Waals surface area (Å²) in [6.45, 7) is 0. The number of hydrazone groups is 1. The van der Waals surface area contributed by atoms with E-state index < -0.39 is 5.97 Å². The summed E-state index contributed by atoms with van der Waals surface area (Å²) in [6.07, 6.45) is 1.71. The molecule has 0 unspecified atom stereocenters. The molecule has 4 nitrogen and oxygen atoms in total. The molecule has 2 aromatic carbocycles. The van der Waals surface area contributed by atoms with Crippen LogP contribution in [0.1, 0.15) is 15.9 Å². The van der Waals surface area contributed by atoms with E-state index in [2.05, 4.69) is 5.10 Å². The van der Waals surface area contributed by atoms with E-state index in [1.807, 2.05) is 14.1 Å². The number of benzene rings is 2. The van der Waals surface area contributed by atoms with Crippen molar-refractivity contribution in [1.82, 2.24) is 5.01 Å². The molecule has 0 bridgehead atoms. The molecule has 22 heavy (non-hydrogen) atoms. The Morgan fingerprint density at radius 3 is 2.41 bits per heavy atom. The smallest absolute Gasteiger partial charge is 0.345 e. The Balaban J connectivity index is 2.08. The van der Waals surface area contributed by atoms with Gasteiger partial charge in [-0.25, -0.2) is 4.79 Å². The predicted molar refractivity (Wildman–Crippen MR) is 89.1 cm³/mol. The predicted octanol–water partition coefficient (Wildman–Crippen LogP) is 4.11. The second-order valence-electron chi connectivity index (χ2n) is 4.67. The van der Waals surface area contributed by atoms with Crippen molar-refractivity contribution in [3.63, 3.8) is 0 Å². The monoisotopic (exact) mass is 336 g/mol. The molecule has 0 atom stereocenters. The first-order valence-electron chi connectivity index (χ1n) is 6.44. The largest absolute Gasteiger partial charge is 0.423 e. The highest BCUT2D eigenvalue weighted by Gasteiger charge is 2.13. The summed E-state index contributed by atoms with van der Waals surface area (Å²) in [4.78, 5) is 12.1. The van der Waals surface area contributed by atoms with Gasteiger partial charge in [-0.2, -0.15) is 5.10 Å². The Hall–Kier alpha value is -2.04. The number of nitrogens with zero attached hydrogens (tertiary/aromatic N) is 2. The molecule has 0 aliphatic heterocycles. The van der Waals surface area contributed by atoms with Crippen LogP contribution in [-0.4, -0.2) is 31.3 Å². The molecule has 0 N–H and O–H groups in total. The van der Waals surface area contributed by atoms with Crippen LogP contribution >= 0.6 is 23.2 Å². The SMILES string of the molecule is CN(C)N=Cc1ccc(OC(=O)c2ccc(Cl)cc2Cl)cc1. The third-order valence-corrected chi connectivity index (χ3v) is 3.23. The molecule has 6 heteroatoms. The number of hydrogen-bond donors (Lipinski definition) is 0. The van der Waals surface area contributed by atoms with Gasteiger partial charge in [0.05, 0.1) is 16.8 Å². The van der Waals surface area contributed by atoms with Crippen LogP contribution in [0.4, 0.5) is 0 Å². The van der Waals surface area contributed by atoms with Gasteiger partial charge in [0.2, 0.25) is 0 Å². The Morgan fingerprint density at radius 2 is 1.82 bits per heavy atom. The fourth-order valence-corrected chi connectivity index (χ4v) is 2.11. The Morgan fingerprint density at radius 1 is 1.14 bits per heavy atom. The molecule has 114 valence electrons. The number of hydrogen-bond acceptors (Lipinski definition) is 4. The van der Waals surface area contributed by atoms with Crippen molar-refractivity contribution in [2.75, 3.05) is 14.1 Å². The normalized spacial score (nSPS) is 10.7. The van der Waals surface area contributed by atoms with Gasteiger partial charge in [0.25, 0.3) is 0 Å². The van der Waals surface area contributed by atoms with Crippen LogP contribution in [0.5, 0.6) is 5.75 Å². The third-order valence-electron chi connectivity index (χ3n) is 2.68. The van der Waals surface area contributed by atoms with E-state index in [9.17, 15) is 4.79 Å². The van der Waals surface area contributed by atoms with Gasteiger partial charge in [0.15, 0.2) is 0 Å². The minimum absolute atomic E-state index is 0.257. The molecule has 0 aliphatic carbocycles. The van der Waals surface area contributed by atoms with Crippen molar-refractivity contribution < 1.29 is 9.53 Å². The quantitative estimate of drug-likeness (QED) is 0.365. The molecule has 0 aliphatic rings. The van der Waals surface area contributed by atoms with E-state index in [-0.39, 0.29) is 10.6 Å². The first kappa shape index (κ1) is 16.3. The second kappa shape index (κ2) is 7.29. The summed E-state index contributed by atoms with van der Waals surface area (Å²) in [5.74, 6) is -0.102. The summed E-state index contributed by atoms with van der Waals surface area (Å²) in [7, 11) is 3.67. The first-order chi connectivity index (χ1) is 10.5. The average molecular weight is 337 g/mol. The number of ether oxygens (including phenoxy) is 1. The van der Waals surface area contributed by atoms with E-state index >= 15 is 0 Å². The maximum atomic E-state index is 12.1. The molecule has 0 amide bonds. The molecule has 0 heterocycles. The molecule has 0 saturated heterocycles. The molecule has 0 aromatic heterocycles. The maximum absolute atomic E-state index is 12.1. The minimum Gasteiger partial charge on any atom is -0.423 e. The number of rotatable bonds is 4. The molecule has 0 saturated carbocycles. The lowest BCUT2D eigenvalue weighted by Crippen LogP contribution is -2.09. The second-order valence-corrected chi connectivity index (χ2v) is 5.52. The summed E-state index contributed by atoms with van der Waals surface area (Å²) >= 11 is 11.8. The Bertz CT molecular complexity index is 698. The zero-order valence-electron chi connectivity index (χ0n) is 12.1. The summed E-state index contributed by atoms with van der Waals surface area (Å²) in [6, 6.07) is 11.6. The van der Waals surface area contributed by atoms with Gasteiger partial charge in [0.1, 0.15) is 5.75 Å². The van der Waals surface area contributed by atoms with Gasteiger partial charge in [-0.15, -0.1) is 0 Å². The Kier molecular flexibility index (Phi) is 5.41. The number of halogens is 2. The Labute approximate surface area is 138 Å². The van der Waals surface area contributed by atoms with Crippen molar-refractivity contribution in [1.29, 1.82) is 0 Å². The van der Waals surface area contributed by atoms with Crippen LogP contribution < -0.4 is 4.74 Å². The highest BCUT2D eigenvalue weighted by molar-refractivity contribution is 6.36. The van der Waals surface area contributed by atoms with Crippen LogP contribution in [-0.2, 0) is 0 Å². The zero-order chi connectivity index (χ0) is 16.1. The van der Waals surface area contributed by atoms with Gasteiger partial charge < -0.3 is 9.75 Å². The lowest BCUT2D eigenvalue weighted by Gasteiger charge is -2.07. The van der Waals surface area contributed by atoms with E-state index in [0.717, 1.165) is 5.56 Å². The number of carbonyl (C=O) groups is 1.